The lowest BCUT2D eigenvalue weighted by Gasteiger charge is -2.28. The summed E-state index contributed by atoms with van der Waals surface area (Å²) < 4.78 is 5.41. The molecular formula is C24H27N5OS. The number of benzene rings is 2. The molecule has 1 aliphatic rings. The van der Waals surface area contributed by atoms with E-state index in [9.17, 15) is 0 Å². The second-order valence-electron chi connectivity index (χ2n) is 6.57. The van der Waals surface area contributed by atoms with Crippen molar-refractivity contribution < 1.29 is 4.74 Å². The van der Waals surface area contributed by atoms with E-state index in [4.69, 9.17) is 10.00 Å². The van der Waals surface area contributed by atoms with Gasteiger partial charge in [0.1, 0.15) is 5.03 Å². The first kappa shape index (κ1) is 22.6. The zero-order valence-corrected chi connectivity index (χ0v) is 18.7. The highest BCUT2D eigenvalue weighted by Crippen LogP contribution is 2.28. The average molecular weight is 434 g/mol. The Morgan fingerprint density at radius 3 is 2.61 bits per heavy atom. The number of anilines is 3. The minimum absolute atomic E-state index is 0.408. The number of rotatable bonds is 6. The summed E-state index contributed by atoms with van der Waals surface area (Å²) in [6, 6.07) is 20.3. The Kier molecular flexibility index (Phi) is 8.71. The van der Waals surface area contributed by atoms with Crippen LogP contribution < -0.4 is 10.2 Å². The number of nitrogens with zero attached hydrogens (tertiary/aromatic N) is 4. The van der Waals surface area contributed by atoms with E-state index in [-0.39, 0.29) is 0 Å². The van der Waals surface area contributed by atoms with Gasteiger partial charge in [0.25, 0.3) is 0 Å². The minimum atomic E-state index is 0.408. The van der Waals surface area contributed by atoms with Crippen molar-refractivity contribution in [1.82, 2.24) is 9.97 Å². The molecule has 1 fully saturated rings. The van der Waals surface area contributed by atoms with Gasteiger partial charge in [-0.1, -0.05) is 37.7 Å². The van der Waals surface area contributed by atoms with E-state index in [2.05, 4.69) is 38.4 Å². The van der Waals surface area contributed by atoms with Crippen LogP contribution in [0.15, 0.2) is 70.7 Å². The lowest BCUT2D eigenvalue weighted by atomic mass is 10.2. The van der Waals surface area contributed by atoms with Crippen molar-refractivity contribution in [3.63, 3.8) is 0 Å². The van der Waals surface area contributed by atoms with Crippen LogP contribution in [0.5, 0.6) is 0 Å². The summed E-state index contributed by atoms with van der Waals surface area (Å²) in [5, 5.41) is 13.0. The summed E-state index contributed by atoms with van der Waals surface area (Å²) in [6.07, 6.45) is 2.16. The molecule has 1 N–H and O–H groups in total. The number of aromatic nitrogens is 2. The third-order valence-electron chi connectivity index (χ3n) is 4.53. The van der Waals surface area contributed by atoms with Crippen LogP contribution in [0, 0.1) is 11.3 Å². The van der Waals surface area contributed by atoms with Crippen LogP contribution in [0.4, 0.5) is 17.3 Å². The number of nitriles is 1. The average Bonchev–Trinajstić information content (AvgIpc) is 2.82. The molecule has 2 heterocycles. The largest absolute Gasteiger partial charge is 0.378 e. The molecule has 1 aliphatic heterocycles. The molecule has 4 rings (SSSR count). The molecule has 1 aromatic heterocycles. The SMILES string of the molecule is CC.N#CCc1cccc(Sc2ccnc(Nc3ccc(N4CCOCC4)cc3)n2)c1. The van der Waals surface area contributed by atoms with Gasteiger partial charge in [-0.05, 0) is 48.0 Å². The van der Waals surface area contributed by atoms with Crippen LogP contribution in [0.2, 0.25) is 0 Å². The van der Waals surface area contributed by atoms with Gasteiger partial charge in [0.2, 0.25) is 5.95 Å². The Bertz CT molecular complexity index is 997. The van der Waals surface area contributed by atoms with Gasteiger partial charge in [0.05, 0.1) is 25.7 Å². The summed E-state index contributed by atoms with van der Waals surface area (Å²) >= 11 is 1.55. The number of morpholine rings is 1. The molecule has 6 nitrogen and oxygen atoms in total. The number of nitrogens with one attached hydrogen (secondary N) is 1. The predicted octanol–water partition coefficient (Wildman–Crippen LogP) is 5.30. The molecule has 160 valence electrons. The van der Waals surface area contributed by atoms with Crippen molar-refractivity contribution in [1.29, 1.82) is 5.26 Å². The van der Waals surface area contributed by atoms with Crippen LogP contribution in [0.25, 0.3) is 0 Å². The summed E-state index contributed by atoms with van der Waals surface area (Å²) in [7, 11) is 0. The van der Waals surface area contributed by atoms with E-state index >= 15 is 0 Å². The maximum Gasteiger partial charge on any atom is 0.228 e. The van der Waals surface area contributed by atoms with E-state index in [0.717, 1.165) is 47.5 Å². The smallest absolute Gasteiger partial charge is 0.228 e. The highest BCUT2D eigenvalue weighted by molar-refractivity contribution is 7.99. The highest BCUT2D eigenvalue weighted by atomic mass is 32.2. The van der Waals surface area contributed by atoms with E-state index in [1.807, 2.05) is 56.3 Å². The molecule has 0 aliphatic carbocycles. The quantitative estimate of drug-likeness (QED) is 0.529. The second-order valence-corrected chi connectivity index (χ2v) is 7.67. The van der Waals surface area contributed by atoms with Crippen molar-refractivity contribution in [2.45, 2.75) is 30.2 Å². The van der Waals surface area contributed by atoms with Gasteiger partial charge in [-0.25, -0.2) is 9.97 Å². The van der Waals surface area contributed by atoms with Crippen LogP contribution >= 0.6 is 11.8 Å². The third-order valence-corrected chi connectivity index (χ3v) is 5.46. The maximum absolute atomic E-state index is 8.87. The minimum Gasteiger partial charge on any atom is -0.378 e. The van der Waals surface area contributed by atoms with Gasteiger partial charge in [-0.3, -0.25) is 0 Å². The first-order valence-electron chi connectivity index (χ1n) is 10.5. The van der Waals surface area contributed by atoms with Gasteiger partial charge in [0, 0.05) is 35.6 Å². The van der Waals surface area contributed by atoms with Crippen molar-refractivity contribution in [2.75, 3.05) is 36.5 Å². The van der Waals surface area contributed by atoms with Crippen molar-refractivity contribution in [3.05, 3.63) is 66.4 Å². The zero-order chi connectivity index (χ0) is 21.9. The van der Waals surface area contributed by atoms with Gasteiger partial charge in [-0.15, -0.1) is 0 Å². The number of hydrogen-bond acceptors (Lipinski definition) is 7. The Labute approximate surface area is 188 Å². The highest BCUT2D eigenvalue weighted by Gasteiger charge is 2.11. The molecule has 0 radical (unpaired) electrons. The maximum atomic E-state index is 8.87. The Balaban J connectivity index is 0.00000132. The number of ether oxygens (including phenoxy) is 1. The fourth-order valence-corrected chi connectivity index (χ4v) is 3.96. The van der Waals surface area contributed by atoms with Crippen LogP contribution in [0.1, 0.15) is 19.4 Å². The first-order chi connectivity index (χ1) is 15.3. The molecule has 0 amide bonds. The van der Waals surface area contributed by atoms with Gasteiger partial charge in [0.15, 0.2) is 0 Å². The summed E-state index contributed by atoms with van der Waals surface area (Å²) in [6.45, 7) is 7.39. The van der Waals surface area contributed by atoms with Crippen LogP contribution in [-0.2, 0) is 11.2 Å². The van der Waals surface area contributed by atoms with Crippen molar-refractivity contribution in [2.24, 2.45) is 0 Å². The molecule has 0 saturated carbocycles. The zero-order valence-electron chi connectivity index (χ0n) is 17.9. The third kappa shape index (κ3) is 6.71. The molecule has 1 saturated heterocycles. The molecule has 0 atom stereocenters. The van der Waals surface area contributed by atoms with Gasteiger partial charge in [-0.2, -0.15) is 5.26 Å². The molecule has 0 unspecified atom stereocenters. The first-order valence-corrected chi connectivity index (χ1v) is 11.3. The van der Waals surface area contributed by atoms with Crippen LogP contribution in [-0.4, -0.2) is 36.3 Å². The van der Waals surface area contributed by atoms with Crippen LogP contribution in [0.3, 0.4) is 0 Å². The lowest BCUT2D eigenvalue weighted by molar-refractivity contribution is 0.122. The normalized spacial score (nSPS) is 13.0. The second kappa shape index (κ2) is 11.9. The molecular weight excluding hydrogens is 406 g/mol. The fourth-order valence-electron chi connectivity index (χ4n) is 3.10. The standard InChI is InChI=1S/C22H21N5OS.C2H6/c23-10-8-17-2-1-3-20(16-17)29-21-9-11-24-22(26-21)25-18-4-6-19(7-5-18)27-12-14-28-15-13-27;1-2/h1-7,9,11,16H,8,12-15H2,(H,24,25,26);1-2H3. The topological polar surface area (TPSA) is 74.1 Å². The Hall–Kier alpha value is -3.08. The van der Waals surface area contributed by atoms with Gasteiger partial charge < -0.3 is 15.0 Å². The Morgan fingerprint density at radius 1 is 1.10 bits per heavy atom. The van der Waals surface area contributed by atoms with E-state index in [0.29, 0.717) is 12.4 Å². The monoisotopic (exact) mass is 433 g/mol. The summed E-state index contributed by atoms with van der Waals surface area (Å²) in [4.78, 5) is 12.3. The fraction of sp³-hybridized carbons (Fsp3) is 0.292. The molecule has 0 spiro atoms. The van der Waals surface area contributed by atoms with Crippen molar-refractivity contribution in [3.8, 4) is 6.07 Å². The van der Waals surface area contributed by atoms with Crippen molar-refractivity contribution >= 4 is 29.1 Å². The predicted molar refractivity (Wildman–Crippen MR) is 126 cm³/mol. The van der Waals surface area contributed by atoms with E-state index in [1.165, 1.54) is 5.69 Å². The molecule has 0 bridgehead atoms. The molecule has 31 heavy (non-hydrogen) atoms. The van der Waals surface area contributed by atoms with E-state index in [1.54, 1.807) is 18.0 Å². The Morgan fingerprint density at radius 2 is 1.87 bits per heavy atom. The number of hydrogen-bond donors (Lipinski definition) is 1. The van der Waals surface area contributed by atoms with Gasteiger partial charge >= 0.3 is 0 Å². The molecule has 7 heteroatoms. The molecule has 3 aromatic rings. The van der Waals surface area contributed by atoms with E-state index < -0.39 is 0 Å². The summed E-state index contributed by atoms with van der Waals surface area (Å²) in [5.74, 6) is 0.558. The molecule has 2 aromatic carbocycles. The summed E-state index contributed by atoms with van der Waals surface area (Å²) in [5.41, 5.74) is 3.15. The lowest BCUT2D eigenvalue weighted by Crippen LogP contribution is -2.36.